The van der Waals surface area contributed by atoms with Gasteiger partial charge in [-0.25, -0.2) is 10.4 Å². The summed E-state index contributed by atoms with van der Waals surface area (Å²) in [6.07, 6.45) is 1.75. The lowest BCUT2D eigenvalue weighted by atomic mass is 10.2. The van der Waals surface area contributed by atoms with E-state index in [1.807, 2.05) is 50.2 Å². The first-order valence-corrected chi connectivity index (χ1v) is 6.80. The molecule has 5 nitrogen and oxygen atoms in total. The van der Waals surface area contributed by atoms with Crippen molar-refractivity contribution in [1.82, 2.24) is 5.43 Å². The summed E-state index contributed by atoms with van der Waals surface area (Å²) in [4.78, 5) is 17.5. The second kappa shape index (κ2) is 5.88. The number of hydrazone groups is 1. The van der Waals surface area contributed by atoms with Crippen LogP contribution in [0, 0.1) is 0 Å². The van der Waals surface area contributed by atoms with Crippen LogP contribution in [-0.2, 0) is 4.79 Å². The molecule has 1 aliphatic rings. The lowest BCUT2D eigenvalue weighted by molar-refractivity contribution is -0.120. The molecule has 1 aromatic rings. The van der Waals surface area contributed by atoms with Gasteiger partial charge in [0.1, 0.15) is 0 Å². The van der Waals surface area contributed by atoms with Crippen molar-refractivity contribution in [3.05, 3.63) is 29.8 Å². The van der Waals surface area contributed by atoms with Crippen molar-refractivity contribution < 1.29 is 4.79 Å². The summed E-state index contributed by atoms with van der Waals surface area (Å²) in [5.74, 6) is -0.0840. The molecule has 0 aromatic heterocycles. The Bertz CT molecular complexity index is 522. The Kier molecular flexibility index (Phi) is 4.21. The quantitative estimate of drug-likeness (QED) is 0.836. The third-order valence-electron chi connectivity index (χ3n) is 2.65. The van der Waals surface area contributed by atoms with Crippen molar-refractivity contribution in [2.45, 2.75) is 12.2 Å². The monoisotopic (exact) mass is 276 g/mol. The molecule has 1 aliphatic heterocycles. The summed E-state index contributed by atoms with van der Waals surface area (Å²) in [5, 5.41) is 4.32. The van der Waals surface area contributed by atoms with Crippen LogP contribution in [0.15, 0.2) is 34.4 Å². The molecule has 1 atom stereocenters. The number of carbonyl (C=O) groups excluding carboxylic acids is 1. The molecule has 0 radical (unpaired) electrons. The van der Waals surface area contributed by atoms with Gasteiger partial charge in [0.15, 0.2) is 0 Å². The predicted molar refractivity (Wildman–Crippen MR) is 81.0 cm³/mol. The topological polar surface area (TPSA) is 57.1 Å². The molecule has 1 aromatic carbocycles. The van der Waals surface area contributed by atoms with E-state index in [2.05, 4.69) is 15.5 Å². The summed E-state index contributed by atoms with van der Waals surface area (Å²) in [6.45, 7) is 1.83. The number of amides is 1. The van der Waals surface area contributed by atoms with Crippen LogP contribution in [0.5, 0.6) is 0 Å². The Morgan fingerprint density at radius 2 is 2.05 bits per heavy atom. The van der Waals surface area contributed by atoms with E-state index in [1.54, 1.807) is 6.21 Å². The van der Waals surface area contributed by atoms with E-state index in [9.17, 15) is 4.79 Å². The number of nitrogens with one attached hydrogen (secondary N) is 1. The fraction of sp³-hybridized carbons (Fsp3) is 0.308. The normalized spacial score (nSPS) is 19.2. The summed E-state index contributed by atoms with van der Waals surface area (Å²) in [7, 11) is 4.00. The van der Waals surface area contributed by atoms with Crippen molar-refractivity contribution in [3.8, 4) is 0 Å². The molecule has 0 aliphatic carbocycles. The van der Waals surface area contributed by atoms with Gasteiger partial charge in [-0.2, -0.15) is 0 Å². The molecule has 6 heteroatoms. The van der Waals surface area contributed by atoms with Crippen molar-refractivity contribution in [2.24, 2.45) is 10.1 Å². The molecular formula is C13H16N4OS. The van der Waals surface area contributed by atoms with Gasteiger partial charge in [-0.3, -0.25) is 4.79 Å². The number of nitrogens with zero attached hydrogens (tertiary/aromatic N) is 3. The maximum Gasteiger partial charge on any atom is 0.253 e. The van der Waals surface area contributed by atoms with Crippen molar-refractivity contribution in [1.29, 1.82) is 0 Å². The highest BCUT2D eigenvalue weighted by atomic mass is 32.2. The summed E-state index contributed by atoms with van der Waals surface area (Å²) in [6, 6.07) is 8.05. The number of carbonyl (C=O) groups is 1. The molecule has 0 saturated heterocycles. The van der Waals surface area contributed by atoms with E-state index in [0.29, 0.717) is 5.17 Å². The van der Waals surface area contributed by atoms with Gasteiger partial charge in [-0.05, 0) is 24.6 Å². The van der Waals surface area contributed by atoms with E-state index in [0.717, 1.165) is 11.3 Å². The number of benzene rings is 1. The van der Waals surface area contributed by atoms with Gasteiger partial charge in [0.05, 0.1) is 5.25 Å². The van der Waals surface area contributed by atoms with Gasteiger partial charge in [0, 0.05) is 26.0 Å². The number of anilines is 1. The zero-order chi connectivity index (χ0) is 13.8. The number of rotatable bonds is 2. The van der Waals surface area contributed by atoms with Gasteiger partial charge in [-0.1, -0.05) is 23.9 Å². The average molecular weight is 276 g/mol. The van der Waals surface area contributed by atoms with E-state index in [1.165, 1.54) is 11.8 Å². The highest BCUT2D eigenvalue weighted by Crippen LogP contribution is 2.17. The standard InChI is InChI=1S/C13H16N4OS/c1-9-12(18)15-16-13(19-9)14-8-10-4-6-11(7-5-10)17(2)3/h4-9H,1-3H3,(H,15,18)/t9-/m0/s1. The van der Waals surface area contributed by atoms with Crippen LogP contribution in [0.2, 0.25) is 0 Å². The van der Waals surface area contributed by atoms with E-state index < -0.39 is 0 Å². The molecule has 1 heterocycles. The SMILES string of the molecule is C[C@@H]1SC(N=Cc2ccc(N(C)C)cc2)=NNC1=O. The lowest BCUT2D eigenvalue weighted by Gasteiger charge is -2.14. The minimum atomic E-state index is -0.152. The van der Waals surface area contributed by atoms with Crippen molar-refractivity contribution in [2.75, 3.05) is 19.0 Å². The van der Waals surface area contributed by atoms with Crippen LogP contribution in [0.1, 0.15) is 12.5 Å². The Balaban J connectivity index is 2.04. The molecule has 100 valence electrons. The Morgan fingerprint density at radius 3 is 2.63 bits per heavy atom. The van der Waals surface area contributed by atoms with Gasteiger partial charge < -0.3 is 4.90 Å². The Labute approximate surface area is 116 Å². The molecule has 1 amide bonds. The molecule has 0 bridgehead atoms. The summed E-state index contributed by atoms with van der Waals surface area (Å²) >= 11 is 1.35. The molecule has 2 rings (SSSR count). The van der Waals surface area contributed by atoms with Crippen LogP contribution in [0.3, 0.4) is 0 Å². The second-order valence-electron chi connectivity index (χ2n) is 4.37. The molecule has 0 spiro atoms. The minimum absolute atomic E-state index is 0.0840. The third-order valence-corrected chi connectivity index (χ3v) is 3.62. The molecule has 19 heavy (non-hydrogen) atoms. The highest BCUT2D eigenvalue weighted by molar-refractivity contribution is 8.15. The van der Waals surface area contributed by atoms with Crippen molar-refractivity contribution >= 4 is 34.7 Å². The van der Waals surface area contributed by atoms with Crippen LogP contribution >= 0.6 is 11.8 Å². The number of aliphatic imine (C=N–C) groups is 1. The van der Waals surface area contributed by atoms with Crippen LogP contribution in [0.4, 0.5) is 5.69 Å². The maximum atomic E-state index is 11.2. The number of hydrogen-bond acceptors (Lipinski definition) is 5. The predicted octanol–water partition coefficient (Wildman–Crippen LogP) is 1.69. The average Bonchev–Trinajstić information content (AvgIpc) is 2.40. The van der Waals surface area contributed by atoms with Crippen LogP contribution in [-0.4, -0.2) is 36.6 Å². The van der Waals surface area contributed by atoms with Crippen LogP contribution in [0.25, 0.3) is 0 Å². The lowest BCUT2D eigenvalue weighted by Crippen LogP contribution is -2.32. The summed E-state index contributed by atoms with van der Waals surface area (Å²) in [5.41, 5.74) is 4.59. The number of thioether (sulfide) groups is 1. The first kappa shape index (κ1) is 13.6. The molecule has 1 N–H and O–H groups in total. The van der Waals surface area contributed by atoms with Gasteiger partial charge in [0.25, 0.3) is 5.91 Å². The second-order valence-corrected chi connectivity index (χ2v) is 5.68. The van der Waals surface area contributed by atoms with Crippen LogP contribution < -0.4 is 10.3 Å². The molecular weight excluding hydrogens is 260 g/mol. The zero-order valence-corrected chi connectivity index (χ0v) is 11.9. The third kappa shape index (κ3) is 3.57. The minimum Gasteiger partial charge on any atom is -0.378 e. The first-order valence-electron chi connectivity index (χ1n) is 5.92. The number of hydrogen-bond donors (Lipinski definition) is 1. The molecule has 0 unspecified atom stereocenters. The Morgan fingerprint density at radius 1 is 1.37 bits per heavy atom. The largest absolute Gasteiger partial charge is 0.378 e. The summed E-state index contributed by atoms with van der Waals surface area (Å²) < 4.78 is 0. The number of amidine groups is 1. The smallest absolute Gasteiger partial charge is 0.253 e. The fourth-order valence-electron chi connectivity index (χ4n) is 1.48. The van der Waals surface area contributed by atoms with Gasteiger partial charge in [0.2, 0.25) is 5.17 Å². The maximum absolute atomic E-state index is 11.2. The zero-order valence-electron chi connectivity index (χ0n) is 11.1. The van der Waals surface area contributed by atoms with Gasteiger partial charge in [-0.15, -0.1) is 5.10 Å². The van der Waals surface area contributed by atoms with E-state index in [-0.39, 0.29) is 11.2 Å². The van der Waals surface area contributed by atoms with Crippen molar-refractivity contribution in [3.63, 3.8) is 0 Å². The molecule has 0 saturated carbocycles. The van der Waals surface area contributed by atoms with Gasteiger partial charge >= 0.3 is 0 Å². The first-order chi connectivity index (χ1) is 9.06. The Hall–Kier alpha value is -1.82. The van der Waals surface area contributed by atoms with E-state index >= 15 is 0 Å². The van der Waals surface area contributed by atoms with E-state index in [4.69, 9.17) is 0 Å². The fourth-order valence-corrected chi connectivity index (χ4v) is 2.17. The molecule has 0 fully saturated rings. The highest BCUT2D eigenvalue weighted by Gasteiger charge is 2.20.